The summed E-state index contributed by atoms with van der Waals surface area (Å²) in [6.07, 6.45) is 5.75. The van der Waals surface area contributed by atoms with Gasteiger partial charge in [0.1, 0.15) is 0 Å². The van der Waals surface area contributed by atoms with Crippen molar-refractivity contribution in [3.05, 3.63) is 48.0 Å². The fourth-order valence-electron chi connectivity index (χ4n) is 1.39. The van der Waals surface area contributed by atoms with Crippen LogP contribution in [0.4, 0.5) is 0 Å². The van der Waals surface area contributed by atoms with Crippen LogP contribution in [0.5, 0.6) is 5.75 Å². The maximum atomic E-state index is 10.8. The van der Waals surface area contributed by atoms with Gasteiger partial charge in [-0.25, -0.2) is 4.98 Å². The molecule has 1 heterocycles. The number of imidazole rings is 1. The van der Waals surface area contributed by atoms with E-state index in [1.807, 2.05) is 13.0 Å². The van der Waals surface area contributed by atoms with Crippen molar-refractivity contribution in [2.24, 2.45) is 0 Å². The zero-order valence-electron chi connectivity index (χ0n) is 9.37. The molecule has 5 heteroatoms. The molecule has 0 saturated carbocycles. The van der Waals surface area contributed by atoms with Gasteiger partial charge in [0.2, 0.25) is 0 Å². The number of nitrogens with zero attached hydrogens (tertiary/aromatic N) is 2. The first-order valence-corrected chi connectivity index (χ1v) is 5.11. The van der Waals surface area contributed by atoms with Crippen molar-refractivity contribution in [2.45, 2.75) is 13.7 Å². The second-order valence-corrected chi connectivity index (χ2v) is 3.52. The van der Waals surface area contributed by atoms with Gasteiger partial charge in [-0.3, -0.25) is 4.79 Å². The smallest absolute Gasteiger partial charge is 0.178 e. The molecule has 0 saturated heterocycles. The van der Waals surface area contributed by atoms with Crippen molar-refractivity contribution in [2.75, 3.05) is 0 Å². The lowest BCUT2D eigenvalue weighted by Crippen LogP contribution is -2.05. The maximum absolute atomic E-state index is 10.8. The molecule has 0 N–H and O–H groups in total. The minimum Gasteiger partial charge on any atom is -0.335 e. The standard InChI is InChI=1S/C12H12N2O3/c1-10-3-2-4-11(7-15)12(10)17-16-9-14-6-5-13-8-14/h2-8H,9H2,1H3. The molecule has 1 aromatic carbocycles. The fourth-order valence-corrected chi connectivity index (χ4v) is 1.39. The number of aryl methyl sites for hydroxylation is 1. The van der Waals surface area contributed by atoms with Crippen LogP contribution in [0.1, 0.15) is 15.9 Å². The molecule has 0 spiro atoms. The van der Waals surface area contributed by atoms with Crippen molar-refractivity contribution in [1.29, 1.82) is 0 Å². The van der Waals surface area contributed by atoms with Gasteiger partial charge in [0.15, 0.2) is 18.8 Å². The summed E-state index contributed by atoms with van der Waals surface area (Å²) in [4.78, 5) is 24.9. The summed E-state index contributed by atoms with van der Waals surface area (Å²) in [7, 11) is 0. The van der Waals surface area contributed by atoms with Crippen molar-refractivity contribution in [3.8, 4) is 5.75 Å². The van der Waals surface area contributed by atoms with Gasteiger partial charge < -0.3 is 9.45 Å². The topological polar surface area (TPSA) is 53.4 Å². The Bertz CT molecular complexity index is 494. The van der Waals surface area contributed by atoms with Gasteiger partial charge >= 0.3 is 0 Å². The number of aldehydes is 1. The Morgan fingerprint density at radius 1 is 1.47 bits per heavy atom. The second-order valence-electron chi connectivity index (χ2n) is 3.52. The van der Waals surface area contributed by atoms with Crippen LogP contribution < -0.4 is 4.89 Å². The van der Waals surface area contributed by atoms with Crippen LogP contribution in [0.25, 0.3) is 0 Å². The summed E-state index contributed by atoms with van der Waals surface area (Å²) in [6, 6.07) is 5.32. The van der Waals surface area contributed by atoms with Crippen molar-refractivity contribution in [1.82, 2.24) is 9.55 Å². The molecule has 0 aliphatic rings. The van der Waals surface area contributed by atoms with Gasteiger partial charge in [-0.15, -0.1) is 0 Å². The summed E-state index contributed by atoms with van der Waals surface area (Å²) < 4.78 is 1.71. The highest BCUT2D eigenvalue weighted by Gasteiger charge is 2.07. The largest absolute Gasteiger partial charge is 0.335 e. The van der Waals surface area contributed by atoms with E-state index in [-0.39, 0.29) is 6.73 Å². The average molecular weight is 232 g/mol. The molecular weight excluding hydrogens is 220 g/mol. The van der Waals surface area contributed by atoms with Gasteiger partial charge in [0, 0.05) is 12.4 Å². The number of benzene rings is 1. The summed E-state index contributed by atoms with van der Waals surface area (Å²) >= 11 is 0. The van der Waals surface area contributed by atoms with E-state index in [1.54, 1.807) is 35.4 Å². The molecule has 0 fully saturated rings. The first-order chi connectivity index (χ1) is 8.31. The fraction of sp³-hybridized carbons (Fsp3) is 0.167. The molecule has 1 aromatic heterocycles. The normalized spacial score (nSPS) is 10.2. The molecule has 17 heavy (non-hydrogen) atoms. The number of carbonyl (C=O) groups is 1. The number of hydrogen-bond acceptors (Lipinski definition) is 4. The molecule has 0 aliphatic carbocycles. The second kappa shape index (κ2) is 5.27. The molecule has 0 atom stereocenters. The monoisotopic (exact) mass is 232 g/mol. The lowest BCUT2D eigenvalue weighted by atomic mass is 10.1. The van der Waals surface area contributed by atoms with Crippen LogP contribution >= 0.6 is 0 Å². The van der Waals surface area contributed by atoms with E-state index in [1.165, 1.54) is 0 Å². The molecule has 88 valence electrons. The summed E-state index contributed by atoms with van der Waals surface area (Å²) in [5.74, 6) is 0.447. The van der Waals surface area contributed by atoms with Crippen LogP contribution in [0.3, 0.4) is 0 Å². The Labute approximate surface area is 98.5 Å². The minimum atomic E-state index is 0.215. The van der Waals surface area contributed by atoms with Crippen LogP contribution in [0.2, 0.25) is 0 Å². The summed E-state index contributed by atoms with van der Waals surface area (Å²) in [5, 5.41) is 0. The molecule has 0 unspecified atom stereocenters. The molecule has 2 aromatic rings. The van der Waals surface area contributed by atoms with E-state index in [9.17, 15) is 4.79 Å². The highest BCUT2D eigenvalue weighted by molar-refractivity contribution is 5.80. The molecule has 0 aliphatic heterocycles. The van der Waals surface area contributed by atoms with Gasteiger partial charge in [0.05, 0.1) is 11.9 Å². The number of para-hydroxylation sites is 1. The van der Waals surface area contributed by atoms with Crippen molar-refractivity contribution >= 4 is 6.29 Å². The van der Waals surface area contributed by atoms with Crippen LogP contribution in [-0.2, 0) is 11.6 Å². The van der Waals surface area contributed by atoms with Crippen LogP contribution in [-0.4, -0.2) is 15.8 Å². The van der Waals surface area contributed by atoms with E-state index in [4.69, 9.17) is 9.78 Å². The molecule has 0 amide bonds. The number of carbonyl (C=O) groups excluding carboxylic acids is 1. The van der Waals surface area contributed by atoms with Crippen LogP contribution in [0.15, 0.2) is 36.9 Å². The van der Waals surface area contributed by atoms with Crippen LogP contribution in [0, 0.1) is 6.92 Å². The first-order valence-electron chi connectivity index (χ1n) is 5.11. The Kier molecular flexibility index (Phi) is 3.52. The predicted octanol–water partition coefficient (Wildman–Crippen LogP) is 1.97. The van der Waals surface area contributed by atoms with E-state index in [2.05, 4.69) is 4.98 Å². The third-order valence-corrected chi connectivity index (χ3v) is 2.27. The van der Waals surface area contributed by atoms with Gasteiger partial charge in [0.25, 0.3) is 0 Å². The number of aromatic nitrogens is 2. The van der Waals surface area contributed by atoms with E-state index < -0.39 is 0 Å². The van der Waals surface area contributed by atoms with Crippen molar-refractivity contribution in [3.63, 3.8) is 0 Å². The Balaban J connectivity index is 2.01. The predicted molar refractivity (Wildman–Crippen MR) is 60.5 cm³/mol. The molecular formula is C12H12N2O3. The third-order valence-electron chi connectivity index (χ3n) is 2.27. The zero-order valence-corrected chi connectivity index (χ0v) is 9.37. The third kappa shape index (κ3) is 2.70. The van der Waals surface area contributed by atoms with E-state index in [0.717, 1.165) is 11.8 Å². The first kappa shape index (κ1) is 11.3. The van der Waals surface area contributed by atoms with Gasteiger partial charge in [-0.2, -0.15) is 4.89 Å². The van der Waals surface area contributed by atoms with Gasteiger partial charge in [-0.05, 0) is 18.6 Å². The minimum absolute atomic E-state index is 0.215. The lowest BCUT2D eigenvalue weighted by Gasteiger charge is -2.09. The maximum Gasteiger partial charge on any atom is 0.178 e. The van der Waals surface area contributed by atoms with Gasteiger partial charge in [-0.1, -0.05) is 12.1 Å². The van der Waals surface area contributed by atoms with Crippen molar-refractivity contribution < 1.29 is 14.6 Å². The quantitative estimate of drug-likeness (QED) is 0.449. The molecule has 0 radical (unpaired) electrons. The number of hydrogen-bond donors (Lipinski definition) is 0. The number of rotatable bonds is 5. The molecule has 2 rings (SSSR count). The van der Waals surface area contributed by atoms with E-state index >= 15 is 0 Å². The SMILES string of the molecule is Cc1cccc(C=O)c1OOCn1ccnc1. The molecule has 0 bridgehead atoms. The van der Waals surface area contributed by atoms with E-state index in [0.29, 0.717) is 11.3 Å². The highest BCUT2D eigenvalue weighted by Crippen LogP contribution is 2.21. The Morgan fingerprint density at radius 3 is 3.06 bits per heavy atom. The lowest BCUT2D eigenvalue weighted by molar-refractivity contribution is -0.235. The summed E-state index contributed by atoms with van der Waals surface area (Å²) in [6.45, 7) is 2.07. The average Bonchev–Trinajstić information content (AvgIpc) is 2.84. The Hall–Kier alpha value is -2.14. The molecule has 5 nitrogen and oxygen atoms in total. The highest BCUT2D eigenvalue weighted by atomic mass is 17.2. The zero-order chi connectivity index (χ0) is 12.1. The Morgan fingerprint density at radius 2 is 2.35 bits per heavy atom. The summed E-state index contributed by atoms with van der Waals surface area (Å²) in [5.41, 5.74) is 1.32.